The van der Waals surface area contributed by atoms with Crippen LogP contribution in [0.1, 0.15) is 28.5 Å². The molecule has 0 aliphatic rings. The van der Waals surface area contributed by atoms with Crippen LogP contribution in [0, 0.1) is 5.82 Å². The molecule has 10 heteroatoms. The summed E-state index contributed by atoms with van der Waals surface area (Å²) in [6.07, 6.45) is 1.91. The molecule has 21 heavy (non-hydrogen) atoms. The Morgan fingerprint density at radius 3 is 2.76 bits per heavy atom. The van der Waals surface area contributed by atoms with Crippen molar-refractivity contribution in [2.45, 2.75) is 17.9 Å². The van der Waals surface area contributed by atoms with Crippen LogP contribution < -0.4 is 4.72 Å². The van der Waals surface area contributed by atoms with Gasteiger partial charge in [-0.25, -0.2) is 27.3 Å². The molecule has 7 nitrogen and oxygen atoms in total. The average Bonchev–Trinajstić information content (AvgIpc) is 2.88. The molecule has 112 valence electrons. The first-order valence-electron chi connectivity index (χ1n) is 5.61. The Labute approximate surface area is 123 Å². The predicted octanol–water partition coefficient (Wildman–Crippen LogP) is 1.41. The molecule has 1 atom stereocenters. The van der Waals surface area contributed by atoms with Gasteiger partial charge in [-0.05, 0) is 13.0 Å². The number of aromatic nitrogens is 2. The molecule has 0 saturated heterocycles. The zero-order chi connectivity index (χ0) is 15.6. The van der Waals surface area contributed by atoms with Gasteiger partial charge in [0, 0.05) is 11.6 Å². The van der Waals surface area contributed by atoms with E-state index < -0.39 is 27.9 Å². The van der Waals surface area contributed by atoms with E-state index in [1.807, 2.05) is 0 Å². The van der Waals surface area contributed by atoms with Crippen LogP contribution >= 0.6 is 11.3 Å². The van der Waals surface area contributed by atoms with Crippen LogP contribution in [-0.2, 0) is 10.0 Å². The van der Waals surface area contributed by atoms with Crippen LogP contribution in [0.4, 0.5) is 4.39 Å². The van der Waals surface area contributed by atoms with E-state index in [0.717, 1.165) is 29.8 Å². The van der Waals surface area contributed by atoms with E-state index in [1.165, 1.54) is 12.3 Å². The first kappa shape index (κ1) is 15.5. The number of halogens is 1. The maximum atomic E-state index is 13.0. The lowest BCUT2D eigenvalue weighted by Crippen LogP contribution is -2.27. The van der Waals surface area contributed by atoms with E-state index in [2.05, 4.69) is 14.7 Å². The summed E-state index contributed by atoms with van der Waals surface area (Å²) in [5, 5.41) is 10.4. The topological polar surface area (TPSA) is 109 Å². The van der Waals surface area contributed by atoms with Crippen molar-refractivity contribution in [3.05, 3.63) is 40.4 Å². The Balaban J connectivity index is 2.21. The molecule has 2 aromatic heterocycles. The number of carbonyl (C=O) groups is 1. The van der Waals surface area contributed by atoms with Crippen LogP contribution in [0.5, 0.6) is 0 Å². The highest BCUT2D eigenvalue weighted by molar-refractivity contribution is 7.89. The standard InChI is InChI=1S/C11H10FN3O4S2/c1-6(10-14-9(5-20-10)11(16)17)15-21(18,19)8-2-7(12)3-13-4-8/h2-6,15H,1H3,(H,16,17). The van der Waals surface area contributed by atoms with Crippen molar-refractivity contribution in [2.75, 3.05) is 0 Å². The molecule has 0 aliphatic carbocycles. The van der Waals surface area contributed by atoms with Crippen molar-refractivity contribution < 1.29 is 22.7 Å². The maximum Gasteiger partial charge on any atom is 0.355 e. The zero-order valence-electron chi connectivity index (χ0n) is 10.6. The summed E-state index contributed by atoms with van der Waals surface area (Å²) in [5.74, 6) is -1.96. The highest BCUT2D eigenvalue weighted by Crippen LogP contribution is 2.20. The van der Waals surface area contributed by atoms with Gasteiger partial charge < -0.3 is 5.11 Å². The van der Waals surface area contributed by atoms with E-state index >= 15 is 0 Å². The number of carboxylic acid groups (broad SMARTS) is 1. The maximum absolute atomic E-state index is 13.0. The molecule has 0 bridgehead atoms. The van der Waals surface area contributed by atoms with Gasteiger partial charge in [-0.15, -0.1) is 11.3 Å². The lowest BCUT2D eigenvalue weighted by atomic mass is 10.4. The number of hydrogen-bond donors (Lipinski definition) is 2. The van der Waals surface area contributed by atoms with Gasteiger partial charge in [0.25, 0.3) is 0 Å². The summed E-state index contributed by atoms with van der Waals surface area (Å²) in [5.41, 5.74) is -0.159. The third kappa shape index (κ3) is 3.60. The number of rotatable bonds is 5. The molecule has 0 aliphatic heterocycles. The third-order valence-corrected chi connectivity index (χ3v) is 4.97. The van der Waals surface area contributed by atoms with Gasteiger partial charge in [0.15, 0.2) is 5.69 Å². The third-order valence-electron chi connectivity index (χ3n) is 2.43. The van der Waals surface area contributed by atoms with Gasteiger partial charge in [0.05, 0.1) is 12.2 Å². The molecular weight excluding hydrogens is 321 g/mol. The summed E-state index contributed by atoms with van der Waals surface area (Å²) in [7, 11) is -3.97. The molecule has 1 unspecified atom stereocenters. The van der Waals surface area contributed by atoms with E-state index in [-0.39, 0.29) is 10.6 Å². The van der Waals surface area contributed by atoms with Crippen molar-refractivity contribution in [2.24, 2.45) is 0 Å². The van der Waals surface area contributed by atoms with Gasteiger partial charge in [0.2, 0.25) is 10.0 Å². The molecule has 2 N–H and O–H groups in total. The van der Waals surface area contributed by atoms with Crippen LogP contribution in [0.2, 0.25) is 0 Å². The summed E-state index contributed by atoms with van der Waals surface area (Å²) in [6, 6.07) is 0.0865. The number of carboxylic acids is 1. The normalized spacial score (nSPS) is 13.0. The molecule has 2 aromatic rings. The fraction of sp³-hybridized carbons (Fsp3) is 0.182. The predicted molar refractivity (Wildman–Crippen MR) is 72.0 cm³/mol. The molecule has 0 saturated carbocycles. The second-order valence-corrected chi connectivity index (χ2v) is 6.66. The number of sulfonamides is 1. The molecule has 0 radical (unpaired) electrons. The highest BCUT2D eigenvalue weighted by Gasteiger charge is 2.22. The van der Waals surface area contributed by atoms with Crippen molar-refractivity contribution in [3.63, 3.8) is 0 Å². The number of nitrogens with one attached hydrogen (secondary N) is 1. The first-order valence-corrected chi connectivity index (χ1v) is 7.97. The molecular formula is C11H10FN3O4S2. The number of nitrogens with zero attached hydrogens (tertiary/aromatic N) is 2. The van der Waals surface area contributed by atoms with Crippen molar-refractivity contribution in [3.8, 4) is 0 Å². The zero-order valence-corrected chi connectivity index (χ0v) is 12.3. The van der Waals surface area contributed by atoms with E-state index in [4.69, 9.17) is 5.11 Å². The molecule has 0 amide bonds. The summed E-state index contributed by atoms with van der Waals surface area (Å²) >= 11 is 1.02. The van der Waals surface area contributed by atoms with Crippen LogP contribution in [0.25, 0.3) is 0 Å². The lowest BCUT2D eigenvalue weighted by Gasteiger charge is -2.11. The molecule has 0 aromatic carbocycles. The van der Waals surface area contributed by atoms with Crippen molar-refractivity contribution in [1.29, 1.82) is 0 Å². The molecule has 0 spiro atoms. The number of aromatic carboxylic acids is 1. The van der Waals surface area contributed by atoms with Gasteiger partial charge in [-0.3, -0.25) is 4.98 Å². The molecule has 2 rings (SSSR count). The van der Waals surface area contributed by atoms with E-state index in [0.29, 0.717) is 5.01 Å². The smallest absolute Gasteiger partial charge is 0.355 e. The minimum absolute atomic E-state index is 0.159. The second kappa shape index (κ2) is 5.84. The summed E-state index contributed by atoms with van der Waals surface area (Å²) < 4.78 is 39.4. The van der Waals surface area contributed by atoms with Gasteiger partial charge in [-0.2, -0.15) is 0 Å². The first-order chi connectivity index (χ1) is 9.79. The Kier molecular flexibility index (Phi) is 4.30. The fourth-order valence-corrected chi connectivity index (χ4v) is 3.53. The Morgan fingerprint density at radius 1 is 1.48 bits per heavy atom. The number of hydrogen-bond acceptors (Lipinski definition) is 6. The Bertz CT molecular complexity index is 775. The highest BCUT2D eigenvalue weighted by atomic mass is 32.2. The fourth-order valence-electron chi connectivity index (χ4n) is 1.48. The second-order valence-electron chi connectivity index (χ2n) is 4.06. The Morgan fingerprint density at radius 2 is 2.19 bits per heavy atom. The number of pyridine rings is 1. The van der Waals surface area contributed by atoms with Crippen LogP contribution in [0.3, 0.4) is 0 Å². The molecule has 2 heterocycles. The van der Waals surface area contributed by atoms with Crippen LogP contribution in [-0.4, -0.2) is 29.5 Å². The SMILES string of the molecule is CC(NS(=O)(=O)c1cncc(F)c1)c1nc(C(=O)O)cs1. The quantitative estimate of drug-likeness (QED) is 0.857. The van der Waals surface area contributed by atoms with E-state index in [9.17, 15) is 17.6 Å². The minimum Gasteiger partial charge on any atom is -0.476 e. The van der Waals surface area contributed by atoms with E-state index in [1.54, 1.807) is 0 Å². The van der Waals surface area contributed by atoms with Gasteiger partial charge >= 0.3 is 5.97 Å². The average molecular weight is 331 g/mol. The largest absolute Gasteiger partial charge is 0.476 e. The summed E-state index contributed by atoms with van der Waals surface area (Å²) in [4.78, 5) is 17.7. The monoisotopic (exact) mass is 331 g/mol. The van der Waals surface area contributed by atoms with Gasteiger partial charge in [-0.1, -0.05) is 0 Å². The number of thiazole rings is 1. The lowest BCUT2D eigenvalue weighted by molar-refractivity contribution is 0.0691. The summed E-state index contributed by atoms with van der Waals surface area (Å²) in [6.45, 7) is 1.51. The van der Waals surface area contributed by atoms with Crippen molar-refractivity contribution in [1.82, 2.24) is 14.7 Å². The minimum atomic E-state index is -3.97. The van der Waals surface area contributed by atoms with Crippen LogP contribution in [0.15, 0.2) is 28.7 Å². The van der Waals surface area contributed by atoms with Gasteiger partial charge in [0.1, 0.15) is 15.7 Å². The molecule has 0 fully saturated rings. The van der Waals surface area contributed by atoms with Crippen molar-refractivity contribution >= 4 is 27.3 Å². The Hall–Kier alpha value is -1.91.